The van der Waals surface area contributed by atoms with E-state index in [9.17, 15) is 13.6 Å². The third-order valence-electron chi connectivity index (χ3n) is 1.89. The number of aliphatic carboxylic acids is 1. The third kappa shape index (κ3) is 3.28. The van der Waals surface area contributed by atoms with Gasteiger partial charge in [-0.2, -0.15) is 0 Å². The van der Waals surface area contributed by atoms with Crippen LogP contribution >= 0.6 is 0 Å². The molecule has 1 rings (SSSR count). The number of nitrogens with zero attached hydrogens (tertiary/aromatic N) is 1. The molecule has 0 aliphatic rings. The lowest BCUT2D eigenvalue weighted by molar-refractivity contribution is -0.138. The summed E-state index contributed by atoms with van der Waals surface area (Å²) < 4.78 is 26.3. The van der Waals surface area contributed by atoms with Crippen molar-refractivity contribution in [2.24, 2.45) is 0 Å². The molecule has 0 spiro atoms. The lowest BCUT2D eigenvalue weighted by Gasteiger charge is -2.14. The van der Waals surface area contributed by atoms with Crippen molar-refractivity contribution in [1.82, 2.24) is 4.90 Å². The van der Waals surface area contributed by atoms with E-state index in [1.165, 1.54) is 18.0 Å². The quantitative estimate of drug-likeness (QED) is 0.827. The summed E-state index contributed by atoms with van der Waals surface area (Å²) in [6, 6.07) is 3.56. The van der Waals surface area contributed by atoms with Gasteiger partial charge in [-0.1, -0.05) is 6.07 Å². The molecule has 5 heteroatoms. The number of rotatable bonds is 4. The highest BCUT2D eigenvalue weighted by Crippen LogP contribution is 2.13. The predicted molar refractivity (Wildman–Crippen MR) is 50.3 cm³/mol. The zero-order valence-electron chi connectivity index (χ0n) is 8.20. The summed E-state index contributed by atoms with van der Waals surface area (Å²) >= 11 is 0. The van der Waals surface area contributed by atoms with E-state index in [1.807, 2.05) is 0 Å². The topological polar surface area (TPSA) is 40.5 Å². The molecule has 0 saturated heterocycles. The molecule has 0 amide bonds. The zero-order valence-corrected chi connectivity index (χ0v) is 8.20. The normalized spacial score (nSPS) is 10.7. The number of likely N-dealkylation sites (N-methyl/N-ethyl adjacent to an activating group) is 1. The van der Waals surface area contributed by atoms with Crippen LogP contribution in [0.1, 0.15) is 5.56 Å². The van der Waals surface area contributed by atoms with Crippen molar-refractivity contribution in [1.29, 1.82) is 0 Å². The summed E-state index contributed by atoms with van der Waals surface area (Å²) in [5, 5.41) is 8.47. The van der Waals surface area contributed by atoms with Crippen molar-refractivity contribution in [3.63, 3.8) is 0 Å². The summed E-state index contributed by atoms with van der Waals surface area (Å²) in [4.78, 5) is 11.7. The molecule has 0 aliphatic heterocycles. The Bertz CT molecular complexity index is 348. The monoisotopic (exact) mass is 215 g/mol. The maximum atomic E-state index is 13.1. The van der Waals surface area contributed by atoms with E-state index in [2.05, 4.69) is 0 Å². The largest absolute Gasteiger partial charge is 0.480 e. The number of carboxylic acid groups (broad SMARTS) is 1. The maximum absolute atomic E-state index is 13.1. The van der Waals surface area contributed by atoms with Gasteiger partial charge in [0.25, 0.3) is 0 Å². The van der Waals surface area contributed by atoms with Crippen molar-refractivity contribution < 1.29 is 18.7 Å². The van der Waals surface area contributed by atoms with Crippen LogP contribution in [0.2, 0.25) is 0 Å². The van der Waals surface area contributed by atoms with Crippen LogP contribution in [0.3, 0.4) is 0 Å². The zero-order chi connectivity index (χ0) is 11.4. The minimum atomic E-state index is -1.03. The fourth-order valence-electron chi connectivity index (χ4n) is 1.24. The molecule has 3 nitrogen and oxygen atoms in total. The molecule has 82 valence electrons. The molecule has 0 aliphatic carbocycles. The van der Waals surface area contributed by atoms with E-state index in [1.54, 1.807) is 0 Å². The molecule has 0 heterocycles. The van der Waals surface area contributed by atoms with Gasteiger partial charge in [-0.3, -0.25) is 9.69 Å². The minimum Gasteiger partial charge on any atom is -0.480 e. The first-order chi connectivity index (χ1) is 7.00. The Labute approximate surface area is 85.9 Å². The van der Waals surface area contributed by atoms with Crippen molar-refractivity contribution in [2.75, 3.05) is 13.6 Å². The van der Waals surface area contributed by atoms with E-state index < -0.39 is 17.6 Å². The molecule has 0 unspecified atom stereocenters. The third-order valence-corrected chi connectivity index (χ3v) is 1.89. The fraction of sp³-hybridized carbons (Fsp3) is 0.300. The summed E-state index contributed by atoms with van der Waals surface area (Å²) in [5.41, 5.74) is -0.110. The van der Waals surface area contributed by atoms with Gasteiger partial charge in [0.2, 0.25) is 0 Å². The molecule has 1 N–H and O–H groups in total. The molecular weight excluding hydrogens is 204 g/mol. The van der Waals surface area contributed by atoms with Crippen LogP contribution in [0, 0.1) is 11.6 Å². The highest BCUT2D eigenvalue weighted by atomic mass is 19.1. The van der Waals surface area contributed by atoms with E-state index in [4.69, 9.17) is 5.11 Å². The highest BCUT2D eigenvalue weighted by Gasteiger charge is 2.12. The Kier molecular flexibility index (Phi) is 3.74. The Hall–Kier alpha value is -1.49. The van der Waals surface area contributed by atoms with Crippen molar-refractivity contribution in [2.45, 2.75) is 6.54 Å². The van der Waals surface area contributed by atoms with Crippen LogP contribution < -0.4 is 0 Å². The number of carbonyl (C=O) groups is 1. The molecular formula is C10H11F2NO2. The molecule has 0 bridgehead atoms. The van der Waals surface area contributed by atoms with Crippen LogP contribution in [0.4, 0.5) is 8.78 Å². The van der Waals surface area contributed by atoms with Crippen LogP contribution in [0.25, 0.3) is 0 Å². The van der Waals surface area contributed by atoms with Crippen molar-refractivity contribution >= 4 is 5.97 Å². The second-order valence-corrected chi connectivity index (χ2v) is 3.27. The van der Waals surface area contributed by atoms with Gasteiger partial charge in [-0.25, -0.2) is 8.78 Å². The summed E-state index contributed by atoms with van der Waals surface area (Å²) in [7, 11) is 1.49. The molecule has 0 fully saturated rings. The average Bonchev–Trinajstić information content (AvgIpc) is 2.10. The van der Waals surface area contributed by atoms with E-state index in [-0.39, 0.29) is 18.7 Å². The second kappa shape index (κ2) is 4.84. The van der Waals surface area contributed by atoms with Gasteiger partial charge in [0.1, 0.15) is 11.6 Å². The Morgan fingerprint density at radius 3 is 2.40 bits per heavy atom. The molecule has 15 heavy (non-hydrogen) atoms. The van der Waals surface area contributed by atoms with Gasteiger partial charge in [-0.05, 0) is 19.2 Å². The molecule has 1 aromatic carbocycles. The van der Waals surface area contributed by atoms with Gasteiger partial charge in [0, 0.05) is 12.1 Å². The molecule has 1 aromatic rings. The molecule has 0 radical (unpaired) electrons. The lowest BCUT2D eigenvalue weighted by Crippen LogP contribution is -2.26. The summed E-state index contributed by atoms with van der Waals surface area (Å²) in [6.07, 6.45) is 0. The summed E-state index contributed by atoms with van der Waals surface area (Å²) in [6.45, 7) is -0.321. The van der Waals surface area contributed by atoms with E-state index in [0.29, 0.717) is 0 Å². The lowest BCUT2D eigenvalue weighted by atomic mass is 10.2. The minimum absolute atomic E-state index is 0.0647. The first kappa shape index (κ1) is 11.6. The molecule has 0 atom stereocenters. The molecule has 0 saturated carbocycles. The Morgan fingerprint density at radius 1 is 1.40 bits per heavy atom. The highest BCUT2D eigenvalue weighted by molar-refractivity contribution is 5.69. The average molecular weight is 215 g/mol. The first-order valence-corrected chi connectivity index (χ1v) is 4.34. The van der Waals surface area contributed by atoms with E-state index >= 15 is 0 Å². The number of halogens is 2. The van der Waals surface area contributed by atoms with E-state index in [0.717, 1.165) is 12.1 Å². The molecule has 0 aromatic heterocycles. The van der Waals surface area contributed by atoms with Crippen LogP contribution in [-0.4, -0.2) is 29.6 Å². The van der Waals surface area contributed by atoms with Crippen molar-refractivity contribution in [3.05, 3.63) is 35.4 Å². The summed E-state index contributed by atoms with van der Waals surface area (Å²) in [5.74, 6) is -2.35. The first-order valence-electron chi connectivity index (χ1n) is 4.34. The maximum Gasteiger partial charge on any atom is 0.317 e. The SMILES string of the molecule is CN(CC(=O)O)Cc1c(F)cccc1F. The van der Waals surface area contributed by atoms with Crippen molar-refractivity contribution in [3.8, 4) is 0 Å². The number of hydrogen-bond acceptors (Lipinski definition) is 2. The standard InChI is InChI=1S/C10H11F2NO2/c1-13(6-10(14)15)5-7-8(11)3-2-4-9(7)12/h2-4H,5-6H2,1H3,(H,14,15). The van der Waals surface area contributed by atoms with Crippen LogP contribution in [-0.2, 0) is 11.3 Å². The van der Waals surface area contributed by atoms with Gasteiger partial charge in [-0.15, -0.1) is 0 Å². The van der Waals surface area contributed by atoms with Gasteiger partial charge in [0.15, 0.2) is 0 Å². The van der Waals surface area contributed by atoms with Gasteiger partial charge in [0.05, 0.1) is 6.54 Å². The van der Waals surface area contributed by atoms with Crippen LogP contribution in [0.15, 0.2) is 18.2 Å². The van der Waals surface area contributed by atoms with Gasteiger partial charge >= 0.3 is 5.97 Å². The number of carboxylic acids is 1. The number of hydrogen-bond donors (Lipinski definition) is 1. The second-order valence-electron chi connectivity index (χ2n) is 3.27. The van der Waals surface area contributed by atoms with Gasteiger partial charge < -0.3 is 5.11 Å². The predicted octanol–water partition coefficient (Wildman–Crippen LogP) is 1.48. The number of benzene rings is 1. The smallest absolute Gasteiger partial charge is 0.317 e. The Balaban J connectivity index is 2.76. The fourth-order valence-corrected chi connectivity index (χ4v) is 1.24. The van der Waals surface area contributed by atoms with Crippen LogP contribution in [0.5, 0.6) is 0 Å². The Morgan fingerprint density at radius 2 is 1.93 bits per heavy atom.